The predicted octanol–water partition coefficient (Wildman–Crippen LogP) is 3.79. The van der Waals surface area contributed by atoms with E-state index in [9.17, 15) is 9.18 Å². The van der Waals surface area contributed by atoms with Crippen LogP contribution in [0.1, 0.15) is 39.2 Å². The molecule has 0 spiro atoms. The quantitative estimate of drug-likeness (QED) is 0.914. The van der Waals surface area contributed by atoms with Crippen molar-refractivity contribution >= 4 is 22.2 Å². The Morgan fingerprint density at radius 1 is 1.27 bits per heavy atom. The Kier molecular flexibility index (Phi) is 3.37. The maximum absolute atomic E-state index is 13.3. The molecule has 5 heteroatoms. The zero-order chi connectivity index (χ0) is 15.1. The maximum atomic E-state index is 13.3. The van der Waals surface area contributed by atoms with Gasteiger partial charge in [0.15, 0.2) is 0 Å². The molecular weight excluding hydrogens is 299 g/mol. The van der Waals surface area contributed by atoms with E-state index in [1.165, 1.54) is 29.0 Å². The second-order valence-electron chi connectivity index (χ2n) is 5.88. The van der Waals surface area contributed by atoms with E-state index in [0.29, 0.717) is 13.2 Å². The minimum atomic E-state index is -0.261. The van der Waals surface area contributed by atoms with Crippen LogP contribution in [-0.2, 0) is 19.4 Å². The fourth-order valence-corrected chi connectivity index (χ4v) is 4.57. The molecule has 4 rings (SSSR count). The molecule has 0 saturated heterocycles. The van der Waals surface area contributed by atoms with E-state index < -0.39 is 0 Å². The summed E-state index contributed by atoms with van der Waals surface area (Å²) in [7, 11) is 0. The lowest BCUT2D eigenvalue weighted by Gasteiger charge is -2.29. The average molecular weight is 316 g/mol. The van der Waals surface area contributed by atoms with Crippen LogP contribution in [0.3, 0.4) is 0 Å². The highest BCUT2D eigenvalue weighted by molar-refractivity contribution is 7.16. The lowest BCUT2D eigenvalue weighted by molar-refractivity contribution is 0.0746. The molecule has 0 unspecified atom stereocenters. The van der Waals surface area contributed by atoms with Crippen molar-refractivity contribution in [1.82, 2.24) is 4.90 Å². The standard InChI is InChI=1S/C17H17FN2OS/c18-12-5-3-4-11(8-12)9-20-10-19-16-15(17(20)21)13-6-1-2-7-14(13)22-16/h3-5,8,19H,1-2,6-7,9-10H2. The molecule has 1 aliphatic heterocycles. The molecule has 1 aromatic heterocycles. The average Bonchev–Trinajstić information content (AvgIpc) is 2.89. The van der Waals surface area contributed by atoms with E-state index in [-0.39, 0.29) is 11.7 Å². The van der Waals surface area contributed by atoms with Crippen molar-refractivity contribution in [2.45, 2.75) is 32.2 Å². The van der Waals surface area contributed by atoms with Gasteiger partial charge in [-0.15, -0.1) is 11.3 Å². The van der Waals surface area contributed by atoms with Crippen molar-refractivity contribution in [3.63, 3.8) is 0 Å². The molecule has 0 saturated carbocycles. The summed E-state index contributed by atoms with van der Waals surface area (Å²) in [4.78, 5) is 16.0. The van der Waals surface area contributed by atoms with E-state index in [0.717, 1.165) is 35.4 Å². The summed E-state index contributed by atoms with van der Waals surface area (Å²) in [6.45, 7) is 0.926. The Hall–Kier alpha value is -1.88. The number of aryl methyl sites for hydroxylation is 1. The summed E-state index contributed by atoms with van der Waals surface area (Å²) in [6, 6.07) is 6.46. The lowest BCUT2D eigenvalue weighted by atomic mass is 9.94. The smallest absolute Gasteiger partial charge is 0.258 e. The van der Waals surface area contributed by atoms with Gasteiger partial charge in [-0.1, -0.05) is 12.1 Å². The largest absolute Gasteiger partial charge is 0.359 e. The van der Waals surface area contributed by atoms with E-state index in [1.54, 1.807) is 22.3 Å². The van der Waals surface area contributed by atoms with Gasteiger partial charge in [0, 0.05) is 11.4 Å². The van der Waals surface area contributed by atoms with Crippen LogP contribution in [-0.4, -0.2) is 17.5 Å². The molecule has 0 atom stereocenters. The van der Waals surface area contributed by atoms with Crippen LogP contribution < -0.4 is 5.32 Å². The Balaban J connectivity index is 1.63. The topological polar surface area (TPSA) is 32.3 Å². The normalized spacial score (nSPS) is 17.0. The summed E-state index contributed by atoms with van der Waals surface area (Å²) in [5.74, 6) is -0.180. The number of rotatable bonds is 2. The van der Waals surface area contributed by atoms with Gasteiger partial charge in [0.1, 0.15) is 10.8 Å². The van der Waals surface area contributed by atoms with Crippen molar-refractivity contribution < 1.29 is 9.18 Å². The van der Waals surface area contributed by atoms with Gasteiger partial charge in [0.25, 0.3) is 5.91 Å². The highest BCUT2D eigenvalue weighted by atomic mass is 32.1. The number of amides is 1. The van der Waals surface area contributed by atoms with Crippen LogP contribution >= 0.6 is 11.3 Å². The number of hydrogen-bond donors (Lipinski definition) is 1. The van der Waals surface area contributed by atoms with Crippen LogP contribution in [0, 0.1) is 5.82 Å². The van der Waals surface area contributed by atoms with Crippen LogP contribution in [0.5, 0.6) is 0 Å². The number of nitrogens with zero attached hydrogens (tertiary/aromatic N) is 1. The third-order valence-corrected chi connectivity index (χ3v) is 5.61. The minimum Gasteiger partial charge on any atom is -0.359 e. The van der Waals surface area contributed by atoms with E-state index in [2.05, 4.69) is 5.32 Å². The number of anilines is 1. The fourth-order valence-electron chi connectivity index (χ4n) is 3.30. The summed E-state index contributed by atoms with van der Waals surface area (Å²) < 4.78 is 13.3. The Morgan fingerprint density at radius 2 is 2.14 bits per heavy atom. The molecule has 1 aliphatic carbocycles. The molecule has 2 aromatic rings. The van der Waals surface area contributed by atoms with Crippen molar-refractivity contribution in [3.8, 4) is 0 Å². The maximum Gasteiger partial charge on any atom is 0.258 e. The van der Waals surface area contributed by atoms with Gasteiger partial charge < -0.3 is 10.2 Å². The number of halogens is 1. The first kappa shape index (κ1) is 13.8. The number of benzene rings is 1. The lowest BCUT2D eigenvalue weighted by Crippen LogP contribution is -2.39. The zero-order valence-electron chi connectivity index (χ0n) is 12.2. The van der Waals surface area contributed by atoms with Crippen molar-refractivity contribution in [2.75, 3.05) is 12.0 Å². The molecule has 3 nitrogen and oxygen atoms in total. The monoisotopic (exact) mass is 316 g/mol. The molecular formula is C17H17FN2OS. The first-order chi connectivity index (χ1) is 10.7. The van der Waals surface area contributed by atoms with E-state index >= 15 is 0 Å². The first-order valence-corrected chi connectivity index (χ1v) is 8.46. The van der Waals surface area contributed by atoms with Crippen molar-refractivity contribution in [1.29, 1.82) is 0 Å². The van der Waals surface area contributed by atoms with Crippen molar-refractivity contribution in [3.05, 3.63) is 51.7 Å². The number of fused-ring (bicyclic) bond motifs is 3. The van der Waals surface area contributed by atoms with E-state index in [4.69, 9.17) is 0 Å². The number of thiophene rings is 1. The zero-order valence-corrected chi connectivity index (χ0v) is 13.0. The molecule has 1 aromatic carbocycles. The summed E-state index contributed by atoms with van der Waals surface area (Å²) >= 11 is 1.73. The Morgan fingerprint density at radius 3 is 3.00 bits per heavy atom. The third kappa shape index (κ3) is 2.29. The van der Waals surface area contributed by atoms with Gasteiger partial charge in [-0.05, 0) is 48.9 Å². The molecule has 1 amide bonds. The second-order valence-corrected chi connectivity index (χ2v) is 6.99. The third-order valence-electron chi connectivity index (χ3n) is 4.37. The molecule has 2 aliphatic rings. The molecule has 1 N–H and O–H groups in total. The van der Waals surface area contributed by atoms with Crippen LogP contribution in [0.2, 0.25) is 0 Å². The molecule has 114 valence electrons. The van der Waals surface area contributed by atoms with Gasteiger partial charge in [-0.3, -0.25) is 4.79 Å². The Labute approximate surface area is 132 Å². The molecule has 0 fully saturated rings. The van der Waals surface area contributed by atoms with Crippen LogP contribution in [0.4, 0.5) is 9.39 Å². The fraction of sp³-hybridized carbons (Fsp3) is 0.353. The van der Waals surface area contributed by atoms with Crippen LogP contribution in [0.15, 0.2) is 24.3 Å². The van der Waals surface area contributed by atoms with Gasteiger partial charge in [0.2, 0.25) is 0 Å². The summed E-state index contributed by atoms with van der Waals surface area (Å²) in [5.41, 5.74) is 2.93. The van der Waals surface area contributed by atoms with Gasteiger partial charge in [-0.25, -0.2) is 4.39 Å². The van der Waals surface area contributed by atoms with E-state index in [1.807, 2.05) is 6.07 Å². The minimum absolute atomic E-state index is 0.0809. The highest BCUT2D eigenvalue weighted by Crippen LogP contribution is 2.40. The second kappa shape index (κ2) is 5.39. The summed E-state index contributed by atoms with van der Waals surface area (Å²) in [5, 5.41) is 4.39. The Bertz CT molecular complexity index is 740. The van der Waals surface area contributed by atoms with Gasteiger partial charge in [0.05, 0.1) is 12.2 Å². The number of hydrogen-bond acceptors (Lipinski definition) is 3. The number of nitrogens with one attached hydrogen (secondary N) is 1. The van der Waals surface area contributed by atoms with Gasteiger partial charge in [-0.2, -0.15) is 0 Å². The predicted molar refractivity (Wildman–Crippen MR) is 85.7 cm³/mol. The molecule has 0 bridgehead atoms. The van der Waals surface area contributed by atoms with Crippen molar-refractivity contribution in [2.24, 2.45) is 0 Å². The highest BCUT2D eigenvalue weighted by Gasteiger charge is 2.31. The SMILES string of the molecule is O=C1c2c(sc3c2CCCC3)NCN1Cc1cccc(F)c1. The summed E-state index contributed by atoms with van der Waals surface area (Å²) in [6.07, 6.45) is 4.47. The first-order valence-electron chi connectivity index (χ1n) is 7.64. The number of carbonyl (C=O) groups is 1. The molecule has 22 heavy (non-hydrogen) atoms. The van der Waals surface area contributed by atoms with Crippen LogP contribution in [0.25, 0.3) is 0 Å². The number of carbonyl (C=O) groups excluding carboxylic acids is 1. The molecule has 2 heterocycles. The van der Waals surface area contributed by atoms with Gasteiger partial charge >= 0.3 is 0 Å². The molecule has 0 radical (unpaired) electrons.